The van der Waals surface area contributed by atoms with Gasteiger partial charge >= 0.3 is 0 Å². The monoisotopic (exact) mass is 261 g/mol. The molecule has 0 saturated heterocycles. The Labute approximate surface area is 112 Å². The normalized spacial score (nSPS) is 10.4. The van der Waals surface area contributed by atoms with E-state index < -0.39 is 0 Å². The number of benzene rings is 2. The molecule has 2 aromatic carbocycles. The lowest BCUT2D eigenvalue weighted by Crippen LogP contribution is -1.94. The van der Waals surface area contributed by atoms with Crippen LogP contribution in [0.5, 0.6) is 5.75 Å². The third kappa shape index (κ3) is 2.29. The van der Waals surface area contributed by atoms with Crippen LogP contribution >= 0.6 is 11.6 Å². The summed E-state index contributed by atoms with van der Waals surface area (Å²) in [5, 5.41) is 0.572. The molecule has 0 heterocycles. The van der Waals surface area contributed by atoms with E-state index in [1.165, 1.54) is 5.56 Å². The van der Waals surface area contributed by atoms with E-state index in [9.17, 15) is 0 Å². The zero-order valence-electron chi connectivity index (χ0n) is 10.8. The van der Waals surface area contributed by atoms with Crippen molar-refractivity contribution >= 4 is 17.3 Å². The number of ether oxygens (including phenoxy) is 1. The predicted octanol–water partition coefficient (Wildman–Crippen LogP) is 4.21. The van der Waals surface area contributed by atoms with E-state index in [1.54, 1.807) is 7.11 Å². The van der Waals surface area contributed by atoms with Crippen LogP contribution in [0.25, 0.3) is 11.1 Å². The van der Waals surface area contributed by atoms with E-state index in [4.69, 9.17) is 22.1 Å². The van der Waals surface area contributed by atoms with Crippen LogP contribution in [0.2, 0.25) is 5.02 Å². The van der Waals surface area contributed by atoms with Gasteiger partial charge in [0.2, 0.25) is 0 Å². The first-order chi connectivity index (χ1) is 8.52. The molecule has 2 nitrogen and oxygen atoms in total. The number of hydrogen-bond donors (Lipinski definition) is 1. The molecule has 2 rings (SSSR count). The van der Waals surface area contributed by atoms with Crippen LogP contribution in [-0.4, -0.2) is 7.11 Å². The van der Waals surface area contributed by atoms with Gasteiger partial charge < -0.3 is 10.5 Å². The Kier molecular flexibility index (Phi) is 3.48. The zero-order chi connectivity index (χ0) is 13.3. The predicted molar refractivity (Wildman–Crippen MR) is 77.3 cm³/mol. The van der Waals surface area contributed by atoms with Crippen molar-refractivity contribution in [2.24, 2.45) is 0 Å². The Balaban J connectivity index is 2.66. The fraction of sp³-hybridized carbons (Fsp3) is 0.200. The van der Waals surface area contributed by atoms with Crippen LogP contribution in [-0.2, 0) is 0 Å². The molecule has 0 aliphatic rings. The molecule has 0 fully saturated rings. The van der Waals surface area contributed by atoms with Crippen LogP contribution in [0.15, 0.2) is 30.3 Å². The SMILES string of the molecule is COc1cc(C)cc(C)c1-c1ccc(Cl)c(N)c1. The van der Waals surface area contributed by atoms with Crippen molar-refractivity contribution in [2.45, 2.75) is 13.8 Å². The van der Waals surface area contributed by atoms with Crippen LogP contribution in [0.3, 0.4) is 0 Å². The van der Waals surface area contributed by atoms with Crippen molar-refractivity contribution in [1.82, 2.24) is 0 Å². The highest BCUT2D eigenvalue weighted by Gasteiger charge is 2.11. The highest BCUT2D eigenvalue weighted by atomic mass is 35.5. The van der Waals surface area contributed by atoms with Gasteiger partial charge in [0, 0.05) is 5.56 Å². The van der Waals surface area contributed by atoms with Crippen LogP contribution in [0.1, 0.15) is 11.1 Å². The molecule has 0 aliphatic heterocycles. The molecule has 0 saturated carbocycles. The Morgan fingerprint density at radius 1 is 1.11 bits per heavy atom. The summed E-state index contributed by atoms with van der Waals surface area (Å²) in [6.07, 6.45) is 0. The molecular weight excluding hydrogens is 246 g/mol. The molecule has 0 aromatic heterocycles. The van der Waals surface area contributed by atoms with Gasteiger partial charge in [-0.3, -0.25) is 0 Å². The Morgan fingerprint density at radius 2 is 1.83 bits per heavy atom. The number of anilines is 1. The largest absolute Gasteiger partial charge is 0.496 e. The highest BCUT2D eigenvalue weighted by molar-refractivity contribution is 6.33. The number of nitrogens with two attached hydrogens (primary N) is 1. The smallest absolute Gasteiger partial charge is 0.127 e. The van der Waals surface area contributed by atoms with Gasteiger partial charge in [-0.15, -0.1) is 0 Å². The van der Waals surface area contributed by atoms with Gasteiger partial charge in [0.25, 0.3) is 0 Å². The van der Waals surface area contributed by atoms with Gasteiger partial charge in [-0.05, 0) is 48.7 Å². The molecule has 18 heavy (non-hydrogen) atoms. The summed E-state index contributed by atoms with van der Waals surface area (Å²) in [6.45, 7) is 4.12. The van der Waals surface area contributed by atoms with Crippen molar-refractivity contribution in [3.8, 4) is 16.9 Å². The number of rotatable bonds is 2. The second kappa shape index (κ2) is 4.91. The standard InChI is InChI=1S/C15H16ClNO/c1-9-6-10(2)15(14(7-9)18-3)11-4-5-12(16)13(17)8-11/h4-8H,17H2,1-3H3. The zero-order valence-corrected chi connectivity index (χ0v) is 11.5. The van der Waals surface area contributed by atoms with Crippen LogP contribution in [0, 0.1) is 13.8 Å². The number of hydrogen-bond acceptors (Lipinski definition) is 2. The van der Waals surface area contributed by atoms with Gasteiger partial charge in [0.15, 0.2) is 0 Å². The van der Waals surface area contributed by atoms with E-state index in [0.717, 1.165) is 22.4 Å². The maximum atomic E-state index is 5.95. The quantitative estimate of drug-likeness (QED) is 0.822. The van der Waals surface area contributed by atoms with Gasteiger partial charge in [0.05, 0.1) is 17.8 Å². The van der Waals surface area contributed by atoms with Crippen molar-refractivity contribution in [2.75, 3.05) is 12.8 Å². The number of halogens is 1. The summed E-state index contributed by atoms with van der Waals surface area (Å²) in [4.78, 5) is 0. The third-order valence-corrected chi connectivity index (χ3v) is 3.29. The first kappa shape index (κ1) is 12.8. The van der Waals surface area contributed by atoms with Gasteiger partial charge in [-0.2, -0.15) is 0 Å². The highest BCUT2D eigenvalue weighted by Crippen LogP contribution is 2.36. The summed E-state index contributed by atoms with van der Waals surface area (Å²) < 4.78 is 5.46. The van der Waals surface area contributed by atoms with Crippen molar-refractivity contribution in [1.29, 1.82) is 0 Å². The molecule has 2 aromatic rings. The van der Waals surface area contributed by atoms with Crippen molar-refractivity contribution in [3.63, 3.8) is 0 Å². The maximum Gasteiger partial charge on any atom is 0.127 e. The first-order valence-corrected chi connectivity index (χ1v) is 6.11. The fourth-order valence-corrected chi connectivity index (χ4v) is 2.28. The third-order valence-electron chi connectivity index (χ3n) is 2.95. The summed E-state index contributed by atoms with van der Waals surface area (Å²) in [5.74, 6) is 0.856. The molecule has 0 aliphatic carbocycles. The summed E-state index contributed by atoms with van der Waals surface area (Å²) in [5.41, 5.74) is 10.9. The maximum absolute atomic E-state index is 5.95. The lowest BCUT2D eigenvalue weighted by Gasteiger charge is -2.14. The Bertz CT molecular complexity index is 593. The molecule has 0 amide bonds. The Morgan fingerprint density at radius 3 is 2.44 bits per heavy atom. The van der Waals surface area contributed by atoms with E-state index in [2.05, 4.69) is 19.9 Å². The van der Waals surface area contributed by atoms with Gasteiger partial charge in [-0.1, -0.05) is 23.7 Å². The molecule has 0 spiro atoms. The molecule has 3 heteroatoms. The minimum Gasteiger partial charge on any atom is -0.496 e. The minimum atomic E-state index is 0.572. The first-order valence-electron chi connectivity index (χ1n) is 5.73. The van der Waals surface area contributed by atoms with E-state index in [1.807, 2.05) is 24.3 Å². The van der Waals surface area contributed by atoms with Crippen molar-refractivity contribution < 1.29 is 4.74 Å². The Hall–Kier alpha value is -1.67. The van der Waals surface area contributed by atoms with E-state index in [-0.39, 0.29) is 0 Å². The minimum absolute atomic E-state index is 0.572. The fourth-order valence-electron chi connectivity index (χ4n) is 2.16. The van der Waals surface area contributed by atoms with Crippen LogP contribution in [0.4, 0.5) is 5.69 Å². The molecule has 0 bridgehead atoms. The van der Waals surface area contributed by atoms with Crippen LogP contribution < -0.4 is 10.5 Å². The molecule has 2 N–H and O–H groups in total. The average Bonchev–Trinajstić information content (AvgIpc) is 2.32. The molecule has 0 atom stereocenters. The average molecular weight is 262 g/mol. The summed E-state index contributed by atoms with van der Waals surface area (Å²) in [7, 11) is 1.68. The van der Waals surface area contributed by atoms with Crippen molar-refractivity contribution in [3.05, 3.63) is 46.5 Å². The number of nitrogen functional groups attached to an aromatic ring is 1. The molecule has 0 unspecified atom stereocenters. The summed E-state index contributed by atoms with van der Waals surface area (Å²) >= 11 is 5.95. The lowest BCUT2D eigenvalue weighted by atomic mass is 9.97. The second-order valence-electron chi connectivity index (χ2n) is 4.40. The summed E-state index contributed by atoms with van der Waals surface area (Å²) in [6, 6.07) is 9.79. The van der Waals surface area contributed by atoms with E-state index >= 15 is 0 Å². The number of methoxy groups -OCH3 is 1. The van der Waals surface area contributed by atoms with E-state index in [0.29, 0.717) is 10.7 Å². The molecule has 0 radical (unpaired) electrons. The van der Waals surface area contributed by atoms with Gasteiger partial charge in [0.1, 0.15) is 5.75 Å². The molecule has 94 valence electrons. The van der Waals surface area contributed by atoms with Gasteiger partial charge in [-0.25, -0.2) is 0 Å². The lowest BCUT2D eigenvalue weighted by molar-refractivity contribution is 0.416. The number of aryl methyl sites for hydroxylation is 2. The molecular formula is C15H16ClNO. The topological polar surface area (TPSA) is 35.2 Å². The second-order valence-corrected chi connectivity index (χ2v) is 4.80.